The van der Waals surface area contributed by atoms with E-state index in [9.17, 15) is 0 Å². The Morgan fingerprint density at radius 2 is 0.981 bits per heavy atom. The molecule has 1 heteroatoms. The molecule has 5 aromatic carbocycles. The van der Waals surface area contributed by atoms with Crippen LogP contribution in [0.2, 0.25) is 0 Å². The Hall–Kier alpha value is -4.49. The van der Waals surface area contributed by atoms with Gasteiger partial charge in [-0.05, 0) is 119 Å². The number of allylic oxidation sites excluding steroid dienone is 1. The van der Waals surface area contributed by atoms with E-state index in [-0.39, 0.29) is 0 Å². The molecule has 0 amide bonds. The zero-order chi connectivity index (χ0) is 37.1. The fourth-order valence-electron chi connectivity index (χ4n) is 7.60. The highest BCUT2D eigenvalue weighted by molar-refractivity contribution is 6.04. The molecule has 0 spiro atoms. The number of nitrogens with zero attached hydrogens (tertiary/aromatic N) is 1. The normalized spacial score (nSPS) is 12.0. The Morgan fingerprint density at radius 3 is 1.51 bits per heavy atom. The largest absolute Gasteiger partial charge is 0.253 e. The van der Waals surface area contributed by atoms with Crippen molar-refractivity contribution in [1.82, 2.24) is 0 Å². The van der Waals surface area contributed by atoms with Gasteiger partial charge < -0.3 is 0 Å². The summed E-state index contributed by atoms with van der Waals surface area (Å²) < 4.78 is 0. The highest BCUT2D eigenvalue weighted by Gasteiger charge is 2.15. The van der Waals surface area contributed by atoms with Gasteiger partial charge in [0.1, 0.15) is 0 Å². The van der Waals surface area contributed by atoms with Crippen molar-refractivity contribution in [2.75, 3.05) is 0 Å². The average Bonchev–Trinajstić information content (AvgIpc) is 3.20. The summed E-state index contributed by atoms with van der Waals surface area (Å²) in [6.45, 7) is 9.07. The summed E-state index contributed by atoms with van der Waals surface area (Å²) in [5.74, 6) is 0. The van der Waals surface area contributed by atoms with E-state index in [2.05, 4.69) is 155 Å². The van der Waals surface area contributed by atoms with E-state index in [1.54, 1.807) is 0 Å². The highest BCUT2D eigenvalue weighted by atomic mass is 14.7. The zero-order valence-electron chi connectivity index (χ0n) is 33.2. The summed E-state index contributed by atoms with van der Waals surface area (Å²) in [5.41, 5.74) is 15.3. The average molecular weight is 702 g/mol. The first-order valence-electron chi connectivity index (χ1n) is 20.8. The van der Waals surface area contributed by atoms with Crippen LogP contribution >= 0.6 is 0 Å². The number of aliphatic imine (C=N–C) groups is 1. The Kier molecular flexibility index (Phi) is 16.4. The SMILES string of the molecule is CCCCCCCCc1cc(N=C(CC)C(C)=Cc2cc(-c3ccccc3)c(CCCCCCCC)c(-c3ccccc3)c2)cc(-c2ccccc2)c1. The van der Waals surface area contributed by atoms with E-state index >= 15 is 0 Å². The van der Waals surface area contributed by atoms with Gasteiger partial charge in [0, 0.05) is 5.71 Å². The minimum Gasteiger partial charge on any atom is -0.253 e. The van der Waals surface area contributed by atoms with E-state index in [1.165, 1.54) is 133 Å². The maximum absolute atomic E-state index is 5.39. The number of rotatable bonds is 21. The fraction of sp³-hybridized carbons (Fsp3) is 0.365. The zero-order valence-corrected chi connectivity index (χ0v) is 33.2. The molecule has 0 unspecified atom stereocenters. The molecule has 0 fully saturated rings. The summed E-state index contributed by atoms with van der Waals surface area (Å²) in [7, 11) is 0. The third kappa shape index (κ3) is 12.3. The second-order valence-electron chi connectivity index (χ2n) is 14.9. The molecule has 0 heterocycles. The monoisotopic (exact) mass is 701 g/mol. The van der Waals surface area contributed by atoms with Gasteiger partial charge >= 0.3 is 0 Å². The lowest BCUT2D eigenvalue weighted by Gasteiger charge is -2.18. The van der Waals surface area contributed by atoms with Crippen LogP contribution in [0.4, 0.5) is 5.69 Å². The molecule has 5 aromatic rings. The molecule has 53 heavy (non-hydrogen) atoms. The first-order valence-corrected chi connectivity index (χ1v) is 20.8. The van der Waals surface area contributed by atoms with Crippen LogP contribution in [0.3, 0.4) is 0 Å². The van der Waals surface area contributed by atoms with E-state index in [4.69, 9.17) is 4.99 Å². The van der Waals surface area contributed by atoms with Gasteiger partial charge in [-0.2, -0.15) is 0 Å². The molecule has 0 saturated heterocycles. The lowest BCUT2D eigenvalue weighted by molar-refractivity contribution is 0.607. The maximum atomic E-state index is 5.39. The van der Waals surface area contributed by atoms with E-state index in [0.717, 1.165) is 30.7 Å². The molecule has 276 valence electrons. The third-order valence-electron chi connectivity index (χ3n) is 10.6. The smallest absolute Gasteiger partial charge is 0.0641 e. The Morgan fingerprint density at radius 1 is 0.491 bits per heavy atom. The summed E-state index contributed by atoms with van der Waals surface area (Å²) in [5, 5.41) is 0. The molecule has 5 rings (SSSR count). The fourth-order valence-corrected chi connectivity index (χ4v) is 7.60. The molecule has 0 atom stereocenters. The van der Waals surface area contributed by atoms with Crippen molar-refractivity contribution in [3.8, 4) is 33.4 Å². The van der Waals surface area contributed by atoms with Gasteiger partial charge in [0.25, 0.3) is 0 Å². The Bertz CT molecular complexity index is 1800. The number of aryl methyl sites for hydroxylation is 1. The number of benzene rings is 5. The van der Waals surface area contributed by atoms with Crippen molar-refractivity contribution in [3.05, 3.63) is 144 Å². The number of hydrogen-bond acceptors (Lipinski definition) is 1. The van der Waals surface area contributed by atoms with E-state index in [0.29, 0.717) is 0 Å². The molecule has 0 aliphatic carbocycles. The standard InChI is InChI=1S/C52H63N/c1-5-8-10-12-14-19-27-42-36-47(44-28-20-16-21-29-44)40-48(37-42)53-52(7-3)41(4)35-43-38-50(45-30-22-17-23-31-45)49(34-26-15-13-11-9-6-2)51(39-43)46-32-24-18-25-33-46/h16-18,20-25,28-33,35-40H,5-15,19,26-27,34H2,1-4H3. The third-order valence-corrected chi connectivity index (χ3v) is 10.6. The lowest BCUT2D eigenvalue weighted by Crippen LogP contribution is -2.00. The summed E-state index contributed by atoms with van der Waals surface area (Å²) in [6.07, 6.45) is 21.1. The van der Waals surface area contributed by atoms with Gasteiger partial charge in [-0.25, -0.2) is 0 Å². The minimum absolute atomic E-state index is 0.873. The van der Waals surface area contributed by atoms with Crippen LogP contribution in [0.1, 0.15) is 128 Å². The van der Waals surface area contributed by atoms with Crippen molar-refractivity contribution in [1.29, 1.82) is 0 Å². The molecule has 0 bridgehead atoms. The Labute approximate surface area is 322 Å². The minimum atomic E-state index is 0.873. The van der Waals surface area contributed by atoms with E-state index < -0.39 is 0 Å². The summed E-state index contributed by atoms with van der Waals surface area (Å²) in [4.78, 5) is 5.39. The van der Waals surface area contributed by atoms with Crippen molar-refractivity contribution < 1.29 is 0 Å². The molecule has 0 aromatic heterocycles. The second-order valence-corrected chi connectivity index (χ2v) is 14.9. The van der Waals surface area contributed by atoms with Gasteiger partial charge in [0.15, 0.2) is 0 Å². The van der Waals surface area contributed by atoms with Crippen molar-refractivity contribution in [3.63, 3.8) is 0 Å². The lowest BCUT2D eigenvalue weighted by atomic mass is 9.86. The predicted octanol–water partition coefficient (Wildman–Crippen LogP) is 16.1. The molecule has 1 nitrogen and oxygen atoms in total. The van der Waals surface area contributed by atoms with Crippen LogP contribution in [0.5, 0.6) is 0 Å². The first kappa shape index (κ1) is 39.7. The quantitative estimate of drug-likeness (QED) is 0.0533. The molecule has 0 aliphatic heterocycles. The van der Waals surface area contributed by atoms with Crippen LogP contribution in [0.15, 0.2) is 132 Å². The molecular weight excluding hydrogens is 639 g/mol. The maximum Gasteiger partial charge on any atom is 0.0641 e. The molecular formula is C52H63N. The number of unbranched alkanes of at least 4 members (excludes halogenated alkanes) is 10. The topological polar surface area (TPSA) is 12.4 Å². The van der Waals surface area contributed by atoms with Gasteiger partial charge in [-0.15, -0.1) is 0 Å². The van der Waals surface area contributed by atoms with Gasteiger partial charge in [-0.1, -0.05) is 188 Å². The summed E-state index contributed by atoms with van der Waals surface area (Å²) >= 11 is 0. The van der Waals surface area contributed by atoms with Gasteiger partial charge in [0.2, 0.25) is 0 Å². The first-order chi connectivity index (χ1) is 26.1. The summed E-state index contributed by atoms with van der Waals surface area (Å²) in [6, 6.07) is 44.7. The van der Waals surface area contributed by atoms with Crippen LogP contribution in [-0.4, -0.2) is 5.71 Å². The van der Waals surface area contributed by atoms with Gasteiger partial charge in [0.05, 0.1) is 5.69 Å². The molecule has 0 radical (unpaired) electrons. The van der Waals surface area contributed by atoms with Crippen molar-refractivity contribution in [2.24, 2.45) is 4.99 Å². The van der Waals surface area contributed by atoms with Crippen LogP contribution in [-0.2, 0) is 12.8 Å². The van der Waals surface area contributed by atoms with E-state index in [1.807, 2.05) is 0 Å². The highest BCUT2D eigenvalue weighted by Crippen LogP contribution is 2.36. The predicted molar refractivity (Wildman–Crippen MR) is 234 cm³/mol. The van der Waals surface area contributed by atoms with Crippen molar-refractivity contribution in [2.45, 2.75) is 124 Å². The van der Waals surface area contributed by atoms with Crippen LogP contribution in [0, 0.1) is 0 Å². The molecule has 0 saturated carbocycles. The van der Waals surface area contributed by atoms with Crippen molar-refractivity contribution >= 4 is 17.5 Å². The molecule has 0 N–H and O–H groups in total. The Balaban J connectivity index is 1.51. The number of hydrogen-bond donors (Lipinski definition) is 0. The molecule has 0 aliphatic rings. The van der Waals surface area contributed by atoms with Crippen LogP contribution in [0.25, 0.3) is 39.5 Å². The van der Waals surface area contributed by atoms with Gasteiger partial charge in [-0.3, -0.25) is 4.99 Å². The second kappa shape index (κ2) is 21.9. The van der Waals surface area contributed by atoms with Crippen LogP contribution < -0.4 is 0 Å².